The van der Waals surface area contributed by atoms with E-state index in [1.54, 1.807) is 0 Å². The Morgan fingerprint density at radius 3 is 2.69 bits per heavy atom. The first-order valence-electron chi connectivity index (χ1n) is 5.86. The molecule has 16 heavy (non-hydrogen) atoms. The highest BCUT2D eigenvalue weighted by Crippen LogP contribution is 2.24. The second-order valence-corrected chi connectivity index (χ2v) is 5.20. The van der Waals surface area contributed by atoms with Crippen LogP contribution in [0.2, 0.25) is 0 Å². The van der Waals surface area contributed by atoms with Gasteiger partial charge in [0.15, 0.2) is 0 Å². The predicted molar refractivity (Wildman–Crippen MR) is 69.2 cm³/mol. The van der Waals surface area contributed by atoms with Crippen LogP contribution in [0.5, 0.6) is 0 Å². The SMILES string of the molecule is NC[C@@H](c1cncc(Br)c1)N1CCCCC1. The molecule has 1 aliphatic heterocycles. The van der Waals surface area contributed by atoms with Gasteiger partial charge in [0.1, 0.15) is 0 Å². The van der Waals surface area contributed by atoms with Crippen molar-refractivity contribution in [3.05, 3.63) is 28.5 Å². The molecule has 3 nitrogen and oxygen atoms in total. The molecule has 2 rings (SSSR count). The minimum atomic E-state index is 0.324. The number of hydrogen-bond acceptors (Lipinski definition) is 3. The Morgan fingerprint density at radius 1 is 1.31 bits per heavy atom. The van der Waals surface area contributed by atoms with Crippen LogP contribution < -0.4 is 5.73 Å². The molecule has 88 valence electrons. The van der Waals surface area contributed by atoms with Crippen LogP contribution in [-0.4, -0.2) is 29.5 Å². The largest absolute Gasteiger partial charge is 0.329 e. The van der Waals surface area contributed by atoms with Gasteiger partial charge in [-0.2, -0.15) is 0 Å². The summed E-state index contributed by atoms with van der Waals surface area (Å²) in [6, 6.07) is 2.45. The normalized spacial score (nSPS) is 19.6. The molecule has 0 radical (unpaired) electrons. The molecule has 0 spiro atoms. The van der Waals surface area contributed by atoms with Gasteiger partial charge in [-0.25, -0.2) is 0 Å². The summed E-state index contributed by atoms with van der Waals surface area (Å²) in [6.07, 6.45) is 7.67. The lowest BCUT2D eigenvalue weighted by molar-refractivity contribution is 0.167. The second kappa shape index (κ2) is 5.75. The highest BCUT2D eigenvalue weighted by Gasteiger charge is 2.21. The Hall–Kier alpha value is -0.450. The number of aromatic nitrogens is 1. The molecule has 0 saturated carbocycles. The van der Waals surface area contributed by atoms with E-state index in [0.717, 1.165) is 17.6 Å². The van der Waals surface area contributed by atoms with Crippen LogP contribution in [0, 0.1) is 0 Å². The van der Waals surface area contributed by atoms with Gasteiger partial charge < -0.3 is 5.73 Å². The number of hydrogen-bond donors (Lipinski definition) is 1. The van der Waals surface area contributed by atoms with Crippen molar-refractivity contribution in [1.29, 1.82) is 0 Å². The van der Waals surface area contributed by atoms with E-state index in [2.05, 4.69) is 31.9 Å². The number of rotatable bonds is 3. The summed E-state index contributed by atoms with van der Waals surface area (Å²) in [5, 5.41) is 0. The van der Waals surface area contributed by atoms with Crippen molar-refractivity contribution in [3.8, 4) is 0 Å². The van der Waals surface area contributed by atoms with Crippen LogP contribution in [0.15, 0.2) is 22.9 Å². The fraction of sp³-hybridized carbons (Fsp3) is 0.583. The number of likely N-dealkylation sites (tertiary alicyclic amines) is 1. The van der Waals surface area contributed by atoms with Gasteiger partial charge in [0, 0.05) is 29.5 Å². The molecule has 0 bridgehead atoms. The quantitative estimate of drug-likeness (QED) is 0.926. The molecule has 1 saturated heterocycles. The molecule has 1 fully saturated rings. The molecule has 1 aromatic rings. The zero-order chi connectivity index (χ0) is 11.4. The van der Waals surface area contributed by atoms with Crippen LogP contribution in [-0.2, 0) is 0 Å². The maximum atomic E-state index is 5.90. The molecule has 4 heteroatoms. The van der Waals surface area contributed by atoms with Gasteiger partial charge in [0.05, 0.1) is 0 Å². The van der Waals surface area contributed by atoms with E-state index in [4.69, 9.17) is 5.73 Å². The molecule has 0 aliphatic carbocycles. The molecule has 2 N–H and O–H groups in total. The van der Waals surface area contributed by atoms with Crippen molar-refractivity contribution in [2.45, 2.75) is 25.3 Å². The molecular formula is C12H18BrN3. The fourth-order valence-electron chi connectivity index (χ4n) is 2.34. The summed E-state index contributed by atoms with van der Waals surface area (Å²) in [4.78, 5) is 6.70. The molecule has 1 aromatic heterocycles. The Balaban J connectivity index is 2.14. The third kappa shape index (κ3) is 2.81. The third-order valence-electron chi connectivity index (χ3n) is 3.17. The lowest BCUT2D eigenvalue weighted by Gasteiger charge is -2.34. The van der Waals surface area contributed by atoms with Crippen LogP contribution >= 0.6 is 15.9 Å². The average molecular weight is 284 g/mol. The highest BCUT2D eigenvalue weighted by atomic mass is 79.9. The fourth-order valence-corrected chi connectivity index (χ4v) is 2.72. The Kier molecular flexibility index (Phi) is 4.32. The van der Waals surface area contributed by atoms with E-state index in [-0.39, 0.29) is 0 Å². The second-order valence-electron chi connectivity index (χ2n) is 4.28. The van der Waals surface area contributed by atoms with E-state index < -0.39 is 0 Å². The summed E-state index contributed by atoms with van der Waals surface area (Å²) in [6.45, 7) is 2.99. The summed E-state index contributed by atoms with van der Waals surface area (Å²) in [7, 11) is 0. The van der Waals surface area contributed by atoms with Crippen molar-refractivity contribution in [3.63, 3.8) is 0 Å². The Morgan fingerprint density at radius 2 is 2.06 bits per heavy atom. The van der Waals surface area contributed by atoms with Crippen molar-refractivity contribution in [2.24, 2.45) is 5.73 Å². The van der Waals surface area contributed by atoms with Gasteiger partial charge in [0.25, 0.3) is 0 Å². The third-order valence-corrected chi connectivity index (χ3v) is 3.60. The van der Waals surface area contributed by atoms with Gasteiger partial charge in [-0.3, -0.25) is 9.88 Å². The topological polar surface area (TPSA) is 42.1 Å². The van der Waals surface area contributed by atoms with Gasteiger partial charge in [-0.1, -0.05) is 6.42 Å². The minimum absolute atomic E-state index is 0.324. The molecule has 1 atom stereocenters. The molecular weight excluding hydrogens is 266 g/mol. The lowest BCUT2D eigenvalue weighted by Crippen LogP contribution is -2.37. The number of halogens is 1. The maximum Gasteiger partial charge on any atom is 0.0486 e. The summed E-state index contributed by atoms with van der Waals surface area (Å²) in [5.41, 5.74) is 7.12. The summed E-state index contributed by atoms with van der Waals surface area (Å²) >= 11 is 3.46. The van der Waals surface area contributed by atoms with Crippen molar-refractivity contribution < 1.29 is 0 Å². The number of piperidine rings is 1. The maximum absolute atomic E-state index is 5.90. The summed E-state index contributed by atoms with van der Waals surface area (Å²) < 4.78 is 1.03. The van der Waals surface area contributed by atoms with Crippen LogP contribution in [0.4, 0.5) is 0 Å². The standard InChI is InChI=1S/C12H18BrN3/c13-11-6-10(8-15-9-11)12(7-14)16-4-2-1-3-5-16/h6,8-9,12H,1-5,7,14H2/t12-/m0/s1. The van der Waals surface area contributed by atoms with Crippen LogP contribution in [0.25, 0.3) is 0 Å². The molecule has 2 heterocycles. The van der Waals surface area contributed by atoms with E-state index >= 15 is 0 Å². The lowest BCUT2D eigenvalue weighted by atomic mass is 10.0. The zero-order valence-electron chi connectivity index (χ0n) is 9.40. The number of nitrogens with zero attached hydrogens (tertiary/aromatic N) is 2. The smallest absolute Gasteiger partial charge is 0.0486 e. The first-order valence-corrected chi connectivity index (χ1v) is 6.65. The zero-order valence-corrected chi connectivity index (χ0v) is 11.0. The number of pyridine rings is 1. The first-order chi connectivity index (χ1) is 7.81. The Labute approximate surface area is 105 Å². The molecule has 0 unspecified atom stereocenters. The van der Waals surface area contributed by atoms with Crippen molar-refractivity contribution >= 4 is 15.9 Å². The first kappa shape index (κ1) is 12.0. The van der Waals surface area contributed by atoms with Crippen molar-refractivity contribution in [1.82, 2.24) is 9.88 Å². The molecule has 0 aromatic carbocycles. The highest BCUT2D eigenvalue weighted by molar-refractivity contribution is 9.10. The van der Waals surface area contributed by atoms with Crippen LogP contribution in [0.1, 0.15) is 30.9 Å². The van der Waals surface area contributed by atoms with E-state index in [0.29, 0.717) is 12.6 Å². The average Bonchev–Trinajstić information content (AvgIpc) is 2.31. The Bertz CT molecular complexity index is 337. The molecule has 0 amide bonds. The van der Waals surface area contributed by atoms with Gasteiger partial charge in [-0.05, 0) is 53.5 Å². The van der Waals surface area contributed by atoms with Crippen molar-refractivity contribution in [2.75, 3.05) is 19.6 Å². The predicted octanol–water partition coefficient (Wildman–Crippen LogP) is 2.33. The number of nitrogens with two attached hydrogens (primary N) is 1. The van der Waals surface area contributed by atoms with Gasteiger partial charge in [-0.15, -0.1) is 0 Å². The molecule has 1 aliphatic rings. The van der Waals surface area contributed by atoms with E-state index in [1.165, 1.54) is 24.8 Å². The monoisotopic (exact) mass is 283 g/mol. The minimum Gasteiger partial charge on any atom is -0.329 e. The summed E-state index contributed by atoms with van der Waals surface area (Å²) in [5.74, 6) is 0. The van der Waals surface area contributed by atoms with E-state index in [9.17, 15) is 0 Å². The van der Waals surface area contributed by atoms with Gasteiger partial charge >= 0.3 is 0 Å². The van der Waals surface area contributed by atoms with E-state index in [1.807, 2.05) is 12.4 Å². The van der Waals surface area contributed by atoms with Crippen LogP contribution in [0.3, 0.4) is 0 Å². The van der Waals surface area contributed by atoms with Gasteiger partial charge in [0.2, 0.25) is 0 Å².